The minimum Gasteiger partial charge on any atom is -0.341 e. The minimum atomic E-state index is -0.837. The number of imide groups is 1. The number of carbonyl (C=O) groups is 3. The summed E-state index contributed by atoms with van der Waals surface area (Å²) < 4.78 is 1.53. The van der Waals surface area contributed by atoms with E-state index in [0.717, 1.165) is 0 Å². The Balaban J connectivity index is 1.70. The number of carbonyl (C=O) groups excluding carboxylic acids is 3. The summed E-state index contributed by atoms with van der Waals surface area (Å²) in [5.74, 6) is -0.0605. The van der Waals surface area contributed by atoms with E-state index in [-0.39, 0.29) is 23.8 Å². The molecule has 4 amide bonds. The van der Waals surface area contributed by atoms with Gasteiger partial charge in [0.1, 0.15) is 11.6 Å². The molecule has 2 aliphatic heterocycles. The van der Waals surface area contributed by atoms with Gasteiger partial charge < -0.3 is 9.80 Å². The number of rotatable bonds is 4. The maximum Gasteiger partial charge on any atom is 0.325 e. The van der Waals surface area contributed by atoms with Gasteiger partial charge in [-0.25, -0.2) is 4.79 Å². The van der Waals surface area contributed by atoms with Crippen LogP contribution in [0.1, 0.15) is 39.7 Å². The Morgan fingerprint density at radius 3 is 2.50 bits per heavy atom. The van der Waals surface area contributed by atoms with Crippen LogP contribution in [0.5, 0.6) is 0 Å². The molecule has 9 heteroatoms. The number of nitrogens with zero attached hydrogens (tertiary/aromatic N) is 4. The molecular weight excluding hydrogens is 358 g/mol. The van der Waals surface area contributed by atoms with Crippen LogP contribution in [0, 0.1) is 5.92 Å². The average molecular weight is 382 g/mol. The second kappa shape index (κ2) is 6.90. The molecule has 1 N–H and O–H groups in total. The van der Waals surface area contributed by atoms with Crippen LogP contribution in [-0.4, -0.2) is 62.6 Å². The summed E-state index contributed by atoms with van der Waals surface area (Å²) in [5, 5.41) is 7.01. The highest BCUT2D eigenvalue weighted by Crippen LogP contribution is 2.34. The summed E-state index contributed by atoms with van der Waals surface area (Å²) in [7, 11) is 0. The lowest BCUT2D eigenvalue weighted by Crippen LogP contribution is -2.58. The van der Waals surface area contributed by atoms with Crippen LogP contribution in [0.3, 0.4) is 0 Å². The second-order valence-electron chi connectivity index (χ2n) is 7.44. The molecule has 0 aliphatic carbocycles. The smallest absolute Gasteiger partial charge is 0.325 e. The summed E-state index contributed by atoms with van der Waals surface area (Å²) in [6, 6.07) is -0.801. The Hall–Kier alpha value is -2.09. The third-order valence-electron chi connectivity index (χ3n) is 5.18. The van der Waals surface area contributed by atoms with Gasteiger partial charge in [-0.15, -0.1) is 0 Å². The standard InChI is InChI=1S/C17H24ClN5O3/c1-11(2)9-22-16(26)20-15(25)17(22)4-6-21(7-5-17)14(24)12(3)23-10-13(18)8-19-23/h8,10-12H,4-7,9H2,1-3H3,(H,20,25,26). The van der Waals surface area contributed by atoms with Crippen LogP contribution in [-0.2, 0) is 9.59 Å². The van der Waals surface area contributed by atoms with Gasteiger partial charge in [0.15, 0.2) is 0 Å². The van der Waals surface area contributed by atoms with E-state index in [9.17, 15) is 14.4 Å². The van der Waals surface area contributed by atoms with E-state index in [1.54, 1.807) is 22.9 Å². The molecule has 1 atom stereocenters. The molecule has 0 radical (unpaired) electrons. The van der Waals surface area contributed by atoms with Crippen LogP contribution in [0.15, 0.2) is 12.4 Å². The Kier molecular flexibility index (Phi) is 4.96. The van der Waals surface area contributed by atoms with Crippen LogP contribution >= 0.6 is 11.6 Å². The minimum absolute atomic E-state index is 0.0697. The van der Waals surface area contributed by atoms with Gasteiger partial charge in [0.05, 0.1) is 11.2 Å². The van der Waals surface area contributed by atoms with Crippen LogP contribution in [0.2, 0.25) is 5.02 Å². The van der Waals surface area contributed by atoms with Crippen molar-refractivity contribution in [3.8, 4) is 0 Å². The first-order valence-corrected chi connectivity index (χ1v) is 9.24. The lowest BCUT2D eigenvalue weighted by molar-refractivity contribution is -0.140. The van der Waals surface area contributed by atoms with Crippen molar-refractivity contribution in [3.05, 3.63) is 17.4 Å². The van der Waals surface area contributed by atoms with Crippen molar-refractivity contribution in [1.82, 2.24) is 24.9 Å². The number of piperidine rings is 1. The van der Waals surface area contributed by atoms with Gasteiger partial charge in [0, 0.05) is 25.8 Å². The first-order valence-electron chi connectivity index (χ1n) is 8.86. The molecule has 1 spiro atoms. The Bertz CT molecular complexity index is 724. The molecule has 1 unspecified atom stereocenters. The van der Waals surface area contributed by atoms with E-state index < -0.39 is 11.6 Å². The van der Waals surface area contributed by atoms with Crippen molar-refractivity contribution < 1.29 is 14.4 Å². The zero-order chi connectivity index (χ0) is 19.1. The van der Waals surface area contributed by atoms with Crippen molar-refractivity contribution in [3.63, 3.8) is 0 Å². The normalized spacial score (nSPS) is 20.8. The average Bonchev–Trinajstić information content (AvgIpc) is 3.12. The first-order chi connectivity index (χ1) is 12.2. The topological polar surface area (TPSA) is 87.5 Å². The van der Waals surface area contributed by atoms with Crippen molar-refractivity contribution in [2.24, 2.45) is 5.92 Å². The summed E-state index contributed by atoms with van der Waals surface area (Å²) >= 11 is 5.87. The Morgan fingerprint density at radius 1 is 1.31 bits per heavy atom. The largest absolute Gasteiger partial charge is 0.341 e. The molecule has 0 bridgehead atoms. The molecule has 2 fully saturated rings. The highest BCUT2D eigenvalue weighted by atomic mass is 35.5. The molecule has 26 heavy (non-hydrogen) atoms. The number of nitrogens with one attached hydrogen (secondary N) is 1. The highest BCUT2D eigenvalue weighted by Gasteiger charge is 2.54. The molecule has 142 valence electrons. The fourth-order valence-electron chi connectivity index (χ4n) is 3.72. The molecule has 2 aliphatic rings. The van der Waals surface area contributed by atoms with Crippen LogP contribution < -0.4 is 5.32 Å². The first kappa shape index (κ1) is 18.7. The number of likely N-dealkylation sites (tertiary alicyclic amines) is 1. The highest BCUT2D eigenvalue weighted by molar-refractivity contribution is 6.30. The lowest BCUT2D eigenvalue weighted by atomic mass is 9.85. The SMILES string of the molecule is CC(C)CN1C(=O)NC(=O)C12CCN(C(=O)C(C)n1cc(Cl)cn1)CC2. The third kappa shape index (κ3) is 3.18. The zero-order valence-corrected chi connectivity index (χ0v) is 16.0. The molecule has 3 rings (SSSR count). The molecule has 8 nitrogen and oxygen atoms in total. The molecular formula is C17H24ClN5O3. The summed E-state index contributed by atoms with van der Waals surface area (Å²) in [6.07, 6.45) is 3.99. The lowest BCUT2D eigenvalue weighted by Gasteiger charge is -2.43. The number of halogens is 1. The molecule has 3 heterocycles. The zero-order valence-electron chi connectivity index (χ0n) is 15.2. The third-order valence-corrected chi connectivity index (χ3v) is 5.37. The fraction of sp³-hybridized carbons (Fsp3) is 0.647. The maximum absolute atomic E-state index is 12.8. The van der Waals surface area contributed by atoms with Crippen LogP contribution in [0.4, 0.5) is 4.79 Å². The predicted octanol–water partition coefficient (Wildman–Crippen LogP) is 1.67. The number of urea groups is 1. The van der Waals surface area contributed by atoms with E-state index in [0.29, 0.717) is 37.5 Å². The van der Waals surface area contributed by atoms with Crippen LogP contribution in [0.25, 0.3) is 0 Å². The molecule has 2 saturated heterocycles. The molecule has 1 aromatic rings. The summed E-state index contributed by atoms with van der Waals surface area (Å²) in [4.78, 5) is 40.8. The Labute approximate surface area is 157 Å². The van der Waals surface area contributed by atoms with E-state index in [2.05, 4.69) is 10.4 Å². The van der Waals surface area contributed by atoms with Crippen molar-refractivity contribution >= 4 is 29.4 Å². The fourth-order valence-corrected chi connectivity index (χ4v) is 3.86. The molecule has 1 aromatic heterocycles. The van der Waals surface area contributed by atoms with Crippen molar-refractivity contribution in [2.75, 3.05) is 19.6 Å². The van der Waals surface area contributed by atoms with Gasteiger partial charge in [0.2, 0.25) is 5.91 Å². The molecule has 0 aromatic carbocycles. The van der Waals surface area contributed by atoms with Gasteiger partial charge in [-0.05, 0) is 25.7 Å². The second-order valence-corrected chi connectivity index (χ2v) is 7.87. The van der Waals surface area contributed by atoms with E-state index in [1.165, 1.54) is 10.9 Å². The summed E-state index contributed by atoms with van der Waals surface area (Å²) in [6.45, 7) is 7.17. The monoisotopic (exact) mass is 381 g/mol. The van der Waals surface area contributed by atoms with E-state index in [1.807, 2.05) is 13.8 Å². The van der Waals surface area contributed by atoms with Crippen molar-refractivity contribution in [2.45, 2.75) is 45.2 Å². The van der Waals surface area contributed by atoms with E-state index in [4.69, 9.17) is 11.6 Å². The number of amides is 4. The van der Waals surface area contributed by atoms with E-state index >= 15 is 0 Å². The summed E-state index contributed by atoms with van der Waals surface area (Å²) in [5.41, 5.74) is -0.837. The van der Waals surface area contributed by atoms with Crippen molar-refractivity contribution in [1.29, 1.82) is 0 Å². The van der Waals surface area contributed by atoms with Gasteiger partial charge >= 0.3 is 6.03 Å². The predicted molar refractivity (Wildman–Crippen MR) is 95.6 cm³/mol. The Morgan fingerprint density at radius 2 is 1.96 bits per heavy atom. The van der Waals surface area contributed by atoms with Gasteiger partial charge in [-0.3, -0.25) is 19.6 Å². The number of aromatic nitrogens is 2. The maximum atomic E-state index is 12.8. The molecule has 0 saturated carbocycles. The van der Waals surface area contributed by atoms with Gasteiger partial charge in [-0.2, -0.15) is 5.10 Å². The number of hydrogen-bond donors (Lipinski definition) is 1. The van der Waals surface area contributed by atoms with Gasteiger partial charge in [0.25, 0.3) is 5.91 Å². The van der Waals surface area contributed by atoms with Gasteiger partial charge in [-0.1, -0.05) is 25.4 Å². The number of hydrogen-bond acceptors (Lipinski definition) is 4. The quantitative estimate of drug-likeness (QED) is 0.803.